The van der Waals surface area contributed by atoms with Gasteiger partial charge in [-0.1, -0.05) is 0 Å². The number of sulfonamides is 1. The minimum Gasteiger partial charge on any atom is -0.378 e. The molecule has 18 heavy (non-hydrogen) atoms. The molecule has 1 fully saturated rings. The van der Waals surface area contributed by atoms with E-state index in [2.05, 4.69) is 0 Å². The fourth-order valence-electron chi connectivity index (χ4n) is 2.05. The predicted octanol–water partition coefficient (Wildman–Crippen LogP) is 1.18. The summed E-state index contributed by atoms with van der Waals surface area (Å²) >= 11 is 0. The van der Waals surface area contributed by atoms with Crippen LogP contribution in [0.3, 0.4) is 0 Å². The molecule has 1 aliphatic rings. The van der Waals surface area contributed by atoms with Crippen molar-refractivity contribution in [3.63, 3.8) is 0 Å². The first kappa shape index (κ1) is 15.6. The number of ether oxygens (including phenoxy) is 1. The van der Waals surface area contributed by atoms with E-state index in [0.29, 0.717) is 25.7 Å². The molecule has 0 bridgehead atoms. The standard InChI is InChI=1S/C12H23NO4S/c1-10(2)17-8-9-18(15,16)13(3)11-4-6-12(14)7-5-11/h10-11H,4-9H2,1-3H3. The van der Waals surface area contributed by atoms with Crippen molar-refractivity contribution in [1.29, 1.82) is 0 Å². The molecule has 0 aromatic carbocycles. The van der Waals surface area contributed by atoms with Gasteiger partial charge in [-0.25, -0.2) is 12.7 Å². The normalized spacial score (nSPS) is 18.8. The van der Waals surface area contributed by atoms with Gasteiger partial charge < -0.3 is 4.74 Å². The topological polar surface area (TPSA) is 63.7 Å². The SMILES string of the molecule is CC(C)OCCS(=O)(=O)N(C)C1CCC(=O)CC1. The van der Waals surface area contributed by atoms with Gasteiger partial charge >= 0.3 is 0 Å². The summed E-state index contributed by atoms with van der Waals surface area (Å²) in [4.78, 5) is 11.1. The van der Waals surface area contributed by atoms with E-state index in [4.69, 9.17) is 4.74 Å². The number of carbonyl (C=O) groups is 1. The van der Waals surface area contributed by atoms with E-state index in [0.717, 1.165) is 0 Å². The number of hydrogen-bond donors (Lipinski definition) is 0. The molecule has 0 unspecified atom stereocenters. The summed E-state index contributed by atoms with van der Waals surface area (Å²) in [6, 6.07) is -0.0354. The Morgan fingerprint density at radius 3 is 2.39 bits per heavy atom. The van der Waals surface area contributed by atoms with Crippen molar-refractivity contribution in [3.8, 4) is 0 Å². The lowest BCUT2D eigenvalue weighted by Gasteiger charge is -2.30. The highest BCUT2D eigenvalue weighted by atomic mass is 32.2. The predicted molar refractivity (Wildman–Crippen MR) is 69.9 cm³/mol. The molecule has 0 aromatic rings. The summed E-state index contributed by atoms with van der Waals surface area (Å²) in [5.74, 6) is 0.242. The molecule has 1 saturated carbocycles. The van der Waals surface area contributed by atoms with Crippen molar-refractivity contribution in [3.05, 3.63) is 0 Å². The zero-order valence-corrected chi connectivity index (χ0v) is 12.2. The smallest absolute Gasteiger partial charge is 0.216 e. The Balaban J connectivity index is 2.48. The largest absolute Gasteiger partial charge is 0.378 e. The van der Waals surface area contributed by atoms with E-state index < -0.39 is 10.0 Å². The van der Waals surface area contributed by atoms with Crippen LogP contribution in [-0.4, -0.2) is 50.1 Å². The van der Waals surface area contributed by atoms with Crippen LogP contribution in [0.15, 0.2) is 0 Å². The molecule has 0 radical (unpaired) electrons. The molecular weight excluding hydrogens is 254 g/mol. The Labute approximate surface area is 110 Å². The van der Waals surface area contributed by atoms with E-state index in [1.54, 1.807) is 7.05 Å². The summed E-state index contributed by atoms with van der Waals surface area (Å²) in [5, 5.41) is 0. The minimum absolute atomic E-state index is 0.00608. The van der Waals surface area contributed by atoms with Crippen LogP contribution in [0.5, 0.6) is 0 Å². The maximum absolute atomic E-state index is 12.1. The van der Waals surface area contributed by atoms with Gasteiger partial charge in [-0.3, -0.25) is 4.79 Å². The number of nitrogens with zero attached hydrogens (tertiary/aromatic N) is 1. The first-order valence-corrected chi connectivity index (χ1v) is 8.03. The third-order valence-corrected chi connectivity index (χ3v) is 5.12. The molecule has 5 nitrogen and oxygen atoms in total. The zero-order chi connectivity index (χ0) is 13.8. The molecule has 0 amide bonds. The van der Waals surface area contributed by atoms with Crippen LogP contribution < -0.4 is 0 Å². The molecule has 6 heteroatoms. The Kier molecular flexibility index (Phi) is 5.75. The van der Waals surface area contributed by atoms with Crippen LogP contribution in [0.4, 0.5) is 0 Å². The average Bonchev–Trinajstić information content (AvgIpc) is 2.28. The highest BCUT2D eigenvalue weighted by molar-refractivity contribution is 7.89. The van der Waals surface area contributed by atoms with E-state index >= 15 is 0 Å². The lowest BCUT2D eigenvalue weighted by atomic mass is 9.95. The molecule has 0 spiro atoms. The molecule has 106 valence electrons. The Morgan fingerprint density at radius 1 is 1.33 bits per heavy atom. The van der Waals surface area contributed by atoms with Crippen LogP contribution in [-0.2, 0) is 19.6 Å². The second-order valence-electron chi connectivity index (χ2n) is 5.02. The fraction of sp³-hybridized carbons (Fsp3) is 0.917. The van der Waals surface area contributed by atoms with Gasteiger partial charge in [0.1, 0.15) is 5.78 Å². The Hall–Kier alpha value is -0.460. The van der Waals surface area contributed by atoms with Crippen molar-refractivity contribution >= 4 is 15.8 Å². The van der Waals surface area contributed by atoms with Crippen LogP contribution in [0.2, 0.25) is 0 Å². The monoisotopic (exact) mass is 277 g/mol. The first-order valence-electron chi connectivity index (χ1n) is 6.42. The third kappa shape index (κ3) is 4.66. The van der Waals surface area contributed by atoms with Crippen molar-refractivity contribution in [2.24, 2.45) is 0 Å². The summed E-state index contributed by atoms with van der Waals surface area (Å²) in [6.45, 7) is 3.97. The van der Waals surface area contributed by atoms with E-state index in [-0.39, 0.29) is 30.3 Å². The summed E-state index contributed by atoms with van der Waals surface area (Å²) in [6.07, 6.45) is 2.30. The van der Waals surface area contributed by atoms with Gasteiger partial charge in [0.15, 0.2) is 0 Å². The van der Waals surface area contributed by atoms with Crippen LogP contribution in [0.1, 0.15) is 39.5 Å². The van der Waals surface area contributed by atoms with Gasteiger partial charge in [-0.05, 0) is 26.7 Å². The quantitative estimate of drug-likeness (QED) is 0.731. The van der Waals surface area contributed by atoms with Crippen molar-refractivity contribution in [2.75, 3.05) is 19.4 Å². The molecule has 0 N–H and O–H groups in total. The Morgan fingerprint density at radius 2 is 1.89 bits per heavy atom. The second kappa shape index (κ2) is 6.63. The van der Waals surface area contributed by atoms with Crippen LogP contribution >= 0.6 is 0 Å². The Bertz CT molecular complexity index is 368. The lowest BCUT2D eigenvalue weighted by molar-refractivity contribution is -0.120. The molecule has 0 aromatic heterocycles. The molecule has 0 atom stereocenters. The molecule has 0 aliphatic heterocycles. The molecule has 1 aliphatic carbocycles. The number of Topliss-reactive ketones (excluding diaryl/α,β-unsaturated/α-hetero) is 1. The van der Waals surface area contributed by atoms with Crippen molar-refractivity contribution in [2.45, 2.75) is 51.7 Å². The second-order valence-corrected chi connectivity index (χ2v) is 7.17. The zero-order valence-electron chi connectivity index (χ0n) is 11.4. The first-order chi connectivity index (χ1) is 8.33. The molecular formula is C12H23NO4S. The minimum atomic E-state index is -3.28. The molecule has 0 saturated heterocycles. The van der Waals surface area contributed by atoms with Gasteiger partial charge in [0.2, 0.25) is 10.0 Å². The van der Waals surface area contributed by atoms with Crippen molar-refractivity contribution < 1.29 is 17.9 Å². The fourth-order valence-corrected chi connectivity index (χ4v) is 3.31. The van der Waals surface area contributed by atoms with E-state index in [1.165, 1.54) is 4.31 Å². The van der Waals surface area contributed by atoms with Gasteiger partial charge in [0.05, 0.1) is 18.5 Å². The summed E-state index contributed by atoms with van der Waals surface area (Å²) in [5.41, 5.74) is 0. The van der Waals surface area contributed by atoms with Gasteiger partial charge in [-0.15, -0.1) is 0 Å². The number of hydrogen-bond acceptors (Lipinski definition) is 4. The van der Waals surface area contributed by atoms with Crippen LogP contribution in [0, 0.1) is 0 Å². The highest BCUT2D eigenvalue weighted by Crippen LogP contribution is 2.21. The molecule has 0 heterocycles. The average molecular weight is 277 g/mol. The van der Waals surface area contributed by atoms with Crippen LogP contribution in [0.25, 0.3) is 0 Å². The maximum atomic E-state index is 12.1. The van der Waals surface area contributed by atoms with E-state index in [1.807, 2.05) is 13.8 Å². The summed E-state index contributed by atoms with van der Waals surface area (Å²) < 4.78 is 30.8. The third-order valence-electron chi connectivity index (χ3n) is 3.26. The summed E-state index contributed by atoms with van der Waals surface area (Å²) in [7, 11) is -1.67. The number of carbonyl (C=O) groups excluding carboxylic acids is 1. The van der Waals surface area contributed by atoms with E-state index in [9.17, 15) is 13.2 Å². The number of rotatable bonds is 6. The van der Waals surface area contributed by atoms with Gasteiger partial charge in [-0.2, -0.15) is 0 Å². The van der Waals surface area contributed by atoms with Gasteiger partial charge in [0, 0.05) is 25.9 Å². The van der Waals surface area contributed by atoms with Crippen molar-refractivity contribution in [1.82, 2.24) is 4.31 Å². The molecule has 1 rings (SSSR count). The maximum Gasteiger partial charge on any atom is 0.216 e. The highest BCUT2D eigenvalue weighted by Gasteiger charge is 2.29. The van der Waals surface area contributed by atoms with Gasteiger partial charge in [0.25, 0.3) is 0 Å². The lowest BCUT2D eigenvalue weighted by Crippen LogP contribution is -2.41. The number of ketones is 1.